The molecule has 2 nitrogen and oxygen atoms in total. The molecule has 1 heterocycles. The largest absolute Gasteiger partial charge is 0.313 e. The Morgan fingerprint density at radius 2 is 1.90 bits per heavy atom. The van der Waals surface area contributed by atoms with Crippen LogP contribution < -0.4 is 5.32 Å². The molecule has 0 aliphatic carbocycles. The fraction of sp³-hybridized carbons (Fsp3) is 0.684. The third-order valence-electron chi connectivity index (χ3n) is 4.81. The fourth-order valence-electron chi connectivity index (χ4n) is 4.00. The molecule has 0 spiro atoms. The van der Waals surface area contributed by atoms with E-state index in [2.05, 4.69) is 75.3 Å². The van der Waals surface area contributed by atoms with Gasteiger partial charge in [0, 0.05) is 19.1 Å². The first kappa shape index (κ1) is 16.5. The van der Waals surface area contributed by atoms with Gasteiger partial charge in [0.05, 0.1) is 0 Å². The number of piperidine rings is 1. The molecule has 0 radical (unpaired) electrons. The van der Waals surface area contributed by atoms with E-state index in [0.717, 1.165) is 6.54 Å². The molecule has 0 bridgehead atoms. The van der Waals surface area contributed by atoms with Gasteiger partial charge in [0.15, 0.2) is 0 Å². The summed E-state index contributed by atoms with van der Waals surface area (Å²) < 4.78 is 0. The van der Waals surface area contributed by atoms with E-state index in [1.165, 1.54) is 31.5 Å². The van der Waals surface area contributed by atoms with Crippen LogP contribution in [0.1, 0.15) is 52.1 Å². The highest BCUT2D eigenvalue weighted by Gasteiger charge is 2.34. The first-order valence-corrected chi connectivity index (χ1v) is 8.29. The third kappa shape index (κ3) is 4.31. The van der Waals surface area contributed by atoms with Gasteiger partial charge in [0.1, 0.15) is 0 Å². The van der Waals surface area contributed by atoms with Crippen molar-refractivity contribution in [1.29, 1.82) is 0 Å². The van der Waals surface area contributed by atoms with Gasteiger partial charge in [0.2, 0.25) is 0 Å². The van der Waals surface area contributed by atoms with Gasteiger partial charge in [-0.1, -0.05) is 58.0 Å². The zero-order valence-corrected chi connectivity index (χ0v) is 14.4. The molecule has 0 saturated carbocycles. The topological polar surface area (TPSA) is 15.3 Å². The zero-order valence-electron chi connectivity index (χ0n) is 14.4. The van der Waals surface area contributed by atoms with Crippen molar-refractivity contribution < 1.29 is 0 Å². The molecule has 1 saturated heterocycles. The molecule has 1 unspecified atom stereocenters. The van der Waals surface area contributed by atoms with Crippen LogP contribution in [-0.4, -0.2) is 31.6 Å². The molecular formula is C19H32N2. The van der Waals surface area contributed by atoms with Crippen LogP contribution in [0.3, 0.4) is 0 Å². The van der Waals surface area contributed by atoms with Crippen LogP contribution >= 0.6 is 0 Å². The van der Waals surface area contributed by atoms with Crippen LogP contribution in [-0.2, 0) is 0 Å². The lowest BCUT2D eigenvalue weighted by atomic mass is 9.78. The summed E-state index contributed by atoms with van der Waals surface area (Å²) >= 11 is 0. The second kappa shape index (κ2) is 6.50. The molecular weight excluding hydrogens is 256 g/mol. The maximum Gasteiger partial charge on any atom is 0.0381 e. The van der Waals surface area contributed by atoms with Gasteiger partial charge < -0.3 is 10.2 Å². The van der Waals surface area contributed by atoms with Crippen molar-refractivity contribution in [3.63, 3.8) is 0 Å². The second-order valence-corrected chi connectivity index (χ2v) is 8.10. The van der Waals surface area contributed by atoms with Crippen molar-refractivity contribution in [1.82, 2.24) is 10.2 Å². The number of hydrogen-bond acceptors (Lipinski definition) is 2. The van der Waals surface area contributed by atoms with E-state index in [9.17, 15) is 0 Å². The molecule has 1 fully saturated rings. The lowest BCUT2D eigenvalue weighted by Crippen LogP contribution is -2.47. The summed E-state index contributed by atoms with van der Waals surface area (Å²) in [5.41, 5.74) is 2.07. The highest BCUT2D eigenvalue weighted by Crippen LogP contribution is 2.36. The molecule has 1 aliphatic heterocycles. The predicted octanol–water partition coefficient (Wildman–Crippen LogP) is 4.10. The van der Waals surface area contributed by atoms with E-state index >= 15 is 0 Å². The van der Waals surface area contributed by atoms with Crippen LogP contribution in [0.2, 0.25) is 0 Å². The van der Waals surface area contributed by atoms with E-state index in [1.54, 1.807) is 0 Å². The minimum Gasteiger partial charge on any atom is -0.313 e. The molecule has 1 aliphatic rings. The minimum atomic E-state index is 0.212. The average molecular weight is 288 g/mol. The summed E-state index contributed by atoms with van der Waals surface area (Å²) in [7, 11) is 2.08. The summed E-state index contributed by atoms with van der Waals surface area (Å²) in [5, 5.41) is 3.54. The number of hydrogen-bond donors (Lipinski definition) is 1. The fourth-order valence-corrected chi connectivity index (χ4v) is 4.00. The normalized spacial score (nSPS) is 21.2. The molecule has 0 aromatic heterocycles. The molecule has 1 aromatic rings. The van der Waals surface area contributed by atoms with E-state index in [1.807, 2.05) is 0 Å². The van der Waals surface area contributed by atoms with Gasteiger partial charge in [-0.25, -0.2) is 0 Å². The van der Waals surface area contributed by atoms with E-state index < -0.39 is 0 Å². The van der Waals surface area contributed by atoms with Gasteiger partial charge in [-0.15, -0.1) is 0 Å². The van der Waals surface area contributed by atoms with Crippen LogP contribution in [0.15, 0.2) is 30.3 Å². The monoisotopic (exact) mass is 288 g/mol. The van der Waals surface area contributed by atoms with Crippen molar-refractivity contribution >= 4 is 0 Å². The van der Waals surface area contributed by atoms with Crippen LogP contribution in [0, 0.1) is 10.8 Å². The average Bonchev–Trinajstić information content (AvgIpc) is 2.38. The lowest BCUT2D eigenvalue weighted by molar-refractivity contribution is 0.0665. The quantitative estimate of drug-likeness (QED) is 0.877. The van der Waals surface area contributed by atoms with E-state index in [-0.39, 0.29) is 5.41 Å². The van der Waals surface area contributed by atoms with Crippen LogP contribution in [0.5, 0.6) is 0 Å². The van der Waals surface area contributed by atoms with Crippen molar-refractivity contribution in [2.24, 2.45) is 10.8 Å². The Balaban J connectivity index is 2.09. The maximum absolute atomic E-state index is 3.54. The van der Waals surface area contributed by atoms with Crippen LogP contribution in [0.4, 0.5) is 0 Å². The smallest absolute Gasteiger partial charge is 0.0381 e. The van der Waals surface area contributed by atoms with Gasteiger partial charge in [-0.2, -0.15) is 0 Å². The molecule has 2 heteroatoms. The number of nitrogens with zero attached hydrogens (tertiary/aromatic N) is 1. The summed E-state index contributed by atoms with van der Waals surface area (Å²) in [6, 6.07) is 11.2. The lowest BCUT2D eigenvalue weighted by Gasteiger charge is -2.44. The summed E-state index contributed by atoms with van der Waals surface area (Å²) in [5.74, 6) is 0. The Hall–Kier alpha value is -0.860. The Labute approximate surface area is 130 Å². The number of benzene rings is 1. The van der Waals surface area contributed by atoms with Crippen LogP contribution in [0.25, 0.3) is 0 Å². The van der Waals surface area contributed by atoms with Crippen molar-refractivity contribution in [2.45, 2.75) is 46.6 Å². The molecule has 21 heavy (non-hydrogen) atoms. The summed E-state index contributed by atoms with van der Waals surface area (Å²) in [4.78, 5) is 2.66. The Morgan fingerprint density at radius 3 is 2.48 bits per heavy atom. The molecule has 118 valence electrons. The highest BCUT2D eigenvalue weighted by atomic mass is 15.1. The Kier molecular flexibility index (Phi) is 5.11. The van der Waals surface area contributed by atoms with Gasteiger partial charge in [-0.3, -0.25) is 0 Å². The summed E-state index contributed by atoms with van der Waals surface area (Å²) in [6.07, 6.45) is 2.69. The maximum atomic E-state index is 3.54. The zero-order chi connectivity index (χ0) is 15.5. The van der Waals surface area contributed by atoms with Gasteiger partial charge >= 0.3 is 0 Å². The molecule has 0 amide bonds. The second-order valence-electron chi connectivity index (χ2n) is 8.10. The van der Waals surface area contributed by atoms with Crippen molar-refractivity contribution in [3.05, 3.63) is 35.9 Å². The molecule has 1 aromatic carbocycles. The Bertz CT molecular complexity index is 436. The highest BCUT2D eigenvalue weighted by molar-refractivity contribution is 5.21. The van der Waals surface area contributed by atoms with Gasteiger partial charge in [0.25, 0.3) is 0 Å². The number of rotatable bonds is 5. The minimum absolute atomic E-state index is 0.212. The van der Waals surface area contributed by atoms with E-state index in [0.29, 0.717) is 11.5 Å². The number of nitrogens with one attached hydrogen (secondary N) is 1. The Morgan fingerprint density at radius 1 is 1.24 bits per heavy atom. The van der Waals surface area contributed by atoms with Crippen molar-refractivity contribution in [2.75, 3.05) is 26.7 Å². The van der Waals surface area contributed by atoms with Crippen molar-refractivity contribution in [3.8, 4) is 0 Å². The molecule has 1 N–H and O–H groups in total. The SMILES string of the molecule is CNC(c1ccccc1)C(C)(C)CN1CCCC(C)(C)C1. The summed E-state index contributed by atoms with van der Waals surface area (Å²) in [6.45, 7) is 13.2. The standard InChI is InChI=1S/C19H32N2/c1-18(2)12-9-13-21(14-18)15-19(3,4)17(20-5)16-10-7-6-8-11-16/h6-8,10-11,17,20H,9,12-15H2,1-5H3. The first-order valence-electron chi connectivity index (χ1n) is 8.29. The predicted molar refractivity (Wildman–Crippen MR) is 91.5 cm³/mol. The molecule has 2 rings (SSSR count). The first-order chi connectivity index (χ1) is 9.84. The molecule has 1 atom stereocenters. The van der Waals surface area contributed by atoms with Gasteiger partial charge in [-0.05, 0) is 42.8 Å². The number of likely N-dealkylation sites (tertiary alicyclic amines) is 1. The van der Waals surface area contributed by atoms with E-state index in [4.69, 9.17) is 0 Å². The third-order valence-corrected chi connectivity index (χ3v) is 4.81.